The highest BCUT2D eigenvalue weighted by Crippen LogP contribution is 2.43. The average Bonchev–Trinajstić information content (AvgIpc) is 0.861. The van der Waals surface area contributed by atoms with Gasteiger partial charge < -0.3 is 88.5 Å². The molecule has 4 bridgehead atoms. The molecule has 6 heterocycles. The summed E-state index contributed by atoms with van der Waals surface area (Å²) < 4.78 is 48.7. The van der Waals surface area contributed by atoms with Crippen LogP contribution in [0.15, 0.2) is 71.9 Å². The number of aliphatic hydroxyl groups is 8. The molecule has 111 heavy (non-hydrogen) atoms. The van der Waals surface area contributed by atoms with Gasteiger partial charge in [-0.2, -0.15) is 0 Å². The van der Waals surface area contributed by atoms with E-state index < -0.39 is 174 Å². The Balaban J connectivity index is 0.000000308. The van der Waals surface area contributed by atoms with E-state index in [9.17, 15) is 74.4 Å². The molecule has 6 aliphatic heterocycles. The fourth-order valence-electron chi connectivity index (χ4n) is 18.5. The van der Waals surface area contributed by atoms with Crippen LogP contribution in [0.1, 0.15) is 217 Å². The third kappa shape index (κ3) is 24.2. The van der Waals surface area contributed by atoms with Crippen molar-refractivity contribution in [2.75, 3.05) is 41.5 Å². The first-order chi connectivity index (χ1) is 52.5. The molecule has 28 atom stereocenters. The number of fused-ring (bicyclic) bond motifs is 6. The van der Waals surface area contributed by atoms with Crippen LogP contribution in [0.3, 0.4) is 0 Å². The summed E-state index contributed by atoms with van der Waals surface area (Å²) in [6.45, 7) is 26.6. The van der Waals surface area contributed by atoms with Gasteiger partial charge in [-0.3, -0.25) is 24.0 Å². The molecule has 25 nitrogen and oxygen atoms in total. The molecule has 8 aliphatic rings. The lowest BCUT2D eigenvalue weighted by Crippen LogP contribution is -2.64. The normalized spacial score (nSPS) is 41.7. The number of cyclic esters (lactones) is 2. The van der Waals surface area contributed by atoms with Gasteiger partial charge >= 0.3 is 11.9 Å². The maximum Gasteiger partial charge on any atom is 0.329 e. The molecule has 0 radical (unpaired) electrons. The van der Waals surface area contributed by atoms with Crippen LogP contribution in [-0.4, -0.2) is 242 Å². The number of carbonyl (C=O) groups excluding carboxylic acids is 7. The topological polar surface area (TPSA) is 362 Å². The molecule has 0 aromatic heterocycles. The van der Waals surface area contributed by atoms with Crippen molar-refractivity contribution in [2.45, 2.75) is 326 Å². The third-order valence-corrected chi connectivity index (χ3v) is 25.3. The Hall–Kier alpha value is -5.23. The van der Waals surface area contributed by atoms with Crippen LogP contribution in [0.25, 0.3) is 0 Å². The summed E-state index contributed by atoms with van der Waals surface area (Å²) in [5.41, 5.74) is 3.19. The van der Waals surface area contributed by atoms with Crippen LogP contribution in [0.4, 0.5) is 0 Å². The zero-order valence-corrected chi connectivity index (χ0v) is 68.7. The van der Waals surface area contributed by atoms with Crippen LogP contribution in [0, 0.1) is 59.2 Å². The number of ether oxygens (including phenoxy) is 8. The number of carbonyl (C=O) groups is 7. The molecule has 2 saturated carbocycles. The van der Waals surface area contributed by atoms with Crippen LogP contribution in [-0.2, 0) is 71.5 Å². The third-order valence-electron chi connectivity index (χ3n) is 25.3. The zero-order valence-electron chi connectivity index (χ0n) is 68.7. The van der Waals surface area contributed by atoms with E-state index in [0.717, 1.165) is 16.0 Å². The first kappa shape index (κ1) is 92.9. The summed E-state index contributed by atoms with van der Waals surface area (Å²) in [4.78, 5) is 101. The van der Waals surface area contributed by atoms with E-state index in [-0.39, 0.29) is 73.9 Å². The van der Waals surface area contributed by atoms with Gasteiger partial charge in [0.05, 0.1) is 67.5 Å². The molecule has 6 fully saturated rings. The standard InChI is InChI=1S/C43H67NO12.C43H69NO11/c1-9-12-30-18-24(2)17-25(3)19-36(53-7)39-37(54-8)21-27(5)43(52,56-39)40(49)41(50)44-16-11-10-13-31(44)42(51)55-38(28(6)33(46)23-34(30)47)26(4)20-29-14-15-32(45)35(48)22-29;1-9-12-31-18-25(2)17-26(3)19-37(52-7)41-38(53-8)21-28(5)43(51,55-41)24-39(49)44-16-11-10-13-32(44)42(50)54-40(29(6)34(46)23-35(31)47)27(4)20-30-14-15-33(45)36(48)22-30/h9,18,20,25,27-33,35-39,45-46,48,52H,1,10-17,19,21-23H2,2-8H3;9,18,20,26,28-34,36-38,40-41,45-46,48,51H,1,10-17,19,21-24H2,2-8H3/b24-18+,26-20+;25-18+,27-20+/t25-,27+,28+,29-,30+,31-,32+,33-,35+,36-,37-,38+,39+,43+;26-,28+,29+,30-,31+,32-,33+,34-,36+,37-,38-,40+,41+,43-/m00/s1. The number of hydrogen-bond acceptors (Lipinski definition) is 23. The molecule has 2 amide bonds. The quantitative estimate of drug-likeness (QED) is 0.0514. The lowest BCUT2D eigenvalue weighted by Gasteiger charge is -2.48. The number of amides is 2. The van der Waals surface area contributed by atoms with Crippen molar-refractivity contribution in [1.29, 1.82) is 0 Å². The Bertz CT molecular complexity index is 3260. The van der Waals surface area contributed by atoms with Crippen molar-refractivity contribution in [3.63, 3.8) is 0 Å². The van der Waals surface area contributed by atoms with Crippen LogP contribution < -0.4 is 0 Å². The number of piperidine rings is 2. The molecule has 628 valence electrons. The van der Waals surface area contributed by atoms with Crippen LogP contribution in [0.2, 0.25) is 0 Å². The summed E-state index contributed by atoms with van der Waals surface area (Å²) >= 11 is 0. The Morgan fingerprint density at radius 1 is 0.505 bits per heavy atom. The Morgan fingerprint density at radius 2 is 0.901 bits per heavy atom. The zero-order chi connectivity index (χ0) is 82.1. The Morgan fingerprint density at radius 3 is 1.32 bits per heavy atom. The second-order valence-electron chi connectivity index (χ2n) is 34.2. The van der Waals surface area contributed by atoms with Crippen molar-refractivity contribution in [2.24, 2.45) is 59.2 Å². The Kier molecular flexibility index (Phi) is 35.7. The first-order valence-corrected chi connectivity index (χ1v) is 41.0. The number of hydrogen-bond donors (Lipinski definition) is 8. The van der Waals surface area contributed by atoms with E-state index in [0.29, 0.717) is 133 Å². The number of ketones is 3. The molecule has 2 aliphatic carbocycles. The van der Waals surface area contributed by atoms with Crippen molar-refractivity contribution in [1.82, 2.24) is 9.80 Å². The molecular weight excluding hydrogens is 1430 g/mol. The summed E-state index contributed by atoms with van der Waals surface area (Å²) in [7, 11) is 6.24. The summed E-state index contributed by atoms with van der Waals surface area (Å²) in [6.07, 6.45) is 8.31. The number of methoxy groups -OCH3 is 4. The number of rotatable bonds is 12. The van der Waals surface area contributed by atoms with Crippen LogP contribution in [0.5, 0.6) is 0 Å². The summed E-state index contributed by atoms with van der Waals surface area (Å²) in [5.74, 6) is -12.7. The monoisotopic (exact) mass is 1560 g/mol. The lowest BCUT2D eigenvalue weighted by atomic mass is 9.81. The fourth-order valence-corrected chi connectivity index (χ4v) is 18.5. The van der Waals surface area contributed by atoms with Gasteiger partial charge in [-0.15, -0.1) is 13.2 Å². The minimum absolute atomic E-state index is 0.00242. The fraction of sp³-hybridized carbons (Fsp3) is 0.779. The van der Waals surface area contributed by atoms with Gasteiger partial charge in [0.25, 0.3) is 11.7 Å². The molecule has 8 rings (SSSR count). The summed E-state index contributed by atoms with van der Waals surface area (Å²) in [6, 6.07) is -2.09. The van der Waals surface area contributed by atoms with Crippen molar-refractivity contribution >= 4 is 41.1 Å². The second kappa shape index (κ2) is 42.6. The molecule has 0 aromatic rings. The smallest absolute Gasteiger partial charge is 0.329 e. The van der Waals surface area contributed by atoms with Crippen molar-refractivity contribution < 1.29 is 112 Å². The number of nitrogens with zero attached hydrogens (tertiary/aromatic N) is 2. The van der Waals surface area contributed by atoms with Crippen molar-refractivity contribution in [3.05, 3.63) is 71.9 Å². The number of allylic oxidation sites excluding steroid dienone is 8. The number of Topliss-reactive ketones (excluding diaryl/α,β-unsaturated/α-hetero) is 3. The number of aliphatic hydroxyl groups excluding tert-OH is 6. The molecule has 8 N–H and O–H groups in total. The predicted molar refractivity (Wildman–Crippen MR) is 415 cm³/mol. The maximum atomic E-state index is 14.2. The van der Waals surface area contributed by atoms with E-state index in [1.54, 1.807) is 54.1 Å². The highest BCUT2D eigenvalue weighted by atomic mass is 16.7. The molecule has 4 saturated heterocycles. The van der Waals surface area contributed by atoms with Gasteiger partial charge in [0, 0.05) is 89.9 Å². The van der Waals surface area contributed by atoms with E-state index in [1.807, 2.05) is 58.9 Å². The SMILES string of the molecule is C=CC[C@@H]1/C=C(\C)C[C@H](C)C[C@H](OC)[C@H]2O[C@@](O)(C(=O)C(=O)N3CCCC[C@H]3C(=O)O[C@H](/C(C)=C/[C@@H]3CC[C@@H](O)[C@H](O)C3)[C@H](C)[C@@H](O)CC1=O)[C@H](C)C[C@@H]2OC.C=CC[C@@H]1/C=C(\C)C[C@H](C)C[C@H](OC)[C@H]2O[C@@](O)(CC(=O)N3CCCC[C@H]3C(=O)O[C@H](/C(C)=C/[C@@H]3CC[C@@H](O)[C@H](O)C3)[C@H](C)[C@@H](O)CC1=O)[C@H](C)C[C@@H]2OC. The van der Waals surface area contributed by atoms with Gasteiger partial charge in [-0.25, -0.2) is 9.59 Å². The number of esters is 2. The molecule has 25 heteroatoms. The van der Waals surface area contributed by atoms with E-state index in [2.05, 4.69) is 20.1 Å². The largest absolute Gasteiger partial charge is 0.456 e. The predicted octanol–water partition coefficient (Wildman–Crippen LogP) is 8.79. The summed E-state index contributed by atoms with van der Waals surface area (Å²) in [5, 5.41) is 88.4. The molecule has 0 unspecified atom stereocenters. The lowest BCUT2D eigenvalue weighted by molar-refractivity contribution is -0.321. The van der Waals surface area contributed by atoms with Gasteiger partial charge in [0.2, 0.25) is 11.7 Å². The van der Waals surface area contributed by atoms with E-state index in [1.165, 1.54) is 19.1 Å². The second-order valence-corrected chi connectivity index (χ2v) is 34.2. The van der Waals surface area contributed by atoms with Crippen LogP contribution >= 0.6 is 0 Å². The van der Waals surface area contributed by atoms with Gasteiger partial charge in [-0.1, -0.05) is 89.1 Å². The van der Waals surface area contributed by atoms with Gasteiger partial charge in [0.15, 0.2) is 5.79 Å². The van der Waals surface area contributed by atoms with Gasteiger partial charge in [0.1, 0.15) is 48.1 Å². The van der Waals surface area contributed by atoms with Gasteiger partial charge in [-0.05, 0) is 191 Å². The molecule has 0 aromatic carbocycles. The maximum absolute atomic E-state index is 14.2. The molecular formula is C86H136N2O23. The minimum atomic E-state index is -2.52. The highest BCUT2D eigenvalue weighted by Gasteiger charge is 2.58. The average molecular weight is 1570 g/mol. The minimum Gasteiger partial charge on any atom is -0.456 e. The van der Waals surface area contributed by atoms with E-state index in [4.69, 9.17) is 37.9 Å². The Labute approximate surface area is 658 Å². The van der Waals surface area contributed by atoms with Crippen molar-refractivity contribution in [3.8, 4) is 0 Å². The highest BCUT2D eigenvalue weighted by molar-refractivity contribution is 6.39. The first-order valence-electron chi connectivity index (χ1n) is 41.0. The molecule has 0 spiro atoms. The van der Waals surface area contributed by atoms with E-state index >= 15 is 0 Å².